The van der Waals surface area contributed by atoms with Crippen molar-refractivity contribution in [3.8, 4) is 0 Å². The zero-order chi connectivity index (χ0) is 13.0. The van der Waals surface area contributed by atoms with E-state index in [1.807, 2.05) is 19.3 Å². The third-order valence-electron chi connectivity index (χ3n) is 3.13. The first-order valence-corrected chi connectivity index (χ1v) is 6.31. The molecule has 0 radical (unpaired) electrons. The van der Waals surface area contributed by atoms with Crippen molar-refractivity contribution in [1.29, 1.82) is 0 Å². The average Bonchev–Trinajstić information content (AvgIpc) is 2.77. The monoisotopic (exact) mass is 248 g/mol. The molecule has 1 amide bonds. The average molecular weight is 248 g/mol. The van der Waals surface area contributed by atoms with Crippen LogP contribution < -0.4 is 15.5 Å². The fraction of sp³-hybridized carbons (Fsp3) is 0.538. The maximum atomic E-state index is 11.1. The van der Waals surface area contributed by atoms with Crippen LogP contribution in [-0.2, 0) is 11.3 Å². The molecule has 1 unspecified atom stereocenters. The van der Waals surface area contributed by atoms with Crippen molar-refractivity contribution in [2.75, 3.05) is 25.0 Å². The predicted octanol–water partition coefficient (Wildman–Crippen LogP) is 0.516. The van der Waals surface area contributed by atoms with Gasteiger partial charge in [0.25, 0.3) is 0 Å². The summed E-state index contributed by atoms with van der Waals surface area (Å²) >= 11 is 0. The molecule has 1 fully saturated rings. The van der Waals surface area contributed by atoms with Crippen molar-refractivity contribution in [2.24, 2.45) is 0 Å². The van der Waals surface area contributed by atoms with E-state index in [9.17, 15) is 4.79 Å². The van der Waals surface area contributed by atoms with Crippen LogP contribution in [0.25, 0.3) is 0 Å². The molecule has 2 rings (SSSR count). The molecule has 1 saturated heterocycles. The summed E-state index contributed by atoms with van der Waals surface area (Å²) in [4.78, 5) is 17.8. The second-order valence-corrected chi connectivity index (χ2v) is 4.65. The normalized spacial score (nSPS) is 19.0. The van der Waals surface area contributed by atoms with Gasteiger partial charge in [0, 0.05) is 44.4 Å². The zero-order valence-electron chi connectivity index (χ0n) is 10.9. The molecule has 1 aliphatic rings. The molecule has 1 aromatic heterocycles. The number of carbonyl (C=O) groups is 1. The molecule has 18 heavy (non-hydrogen) atoms. The van der Waals surface area contributed by atoms with E-state index in [1.165, 1.54) is 5.56 Å². The van der Waals surface area contributed by atoms with E-state index in [-0.39, 0.29) is 11.9 Å². The van der Waals surface area contributed by atoms with Crippen LogP contribution in [0, 0.1) is 0 Å². The van der Waals surface area contributed by atoms with E-state index in [4.69, 9.17) is 0 Å². The Bertz CT molecular complexity index is 421. The number of carbonyl (C=O) groups excluding carboxylic acids is 1. The van der Waals surface area contributed by atoms with Crippen molar-refractivity contribution < 1.29 is 4.79 Å². The fourth-order valence-electron chi connectivity index (χ4n) is 2.40. The quantitative estimate of drug-likeness (QED) is 0.815. The van der Waals surface area contributed by atoms with Gasteiger partial charge in [0.05, 0.1) is 0 Å². The lowest BCUT2D eigenvalue weighted by atomic mass is 10.2. The van der Waals surface area contributed by atoms with Gasteiger partial charge in [-0.2, -0.15) is 0 Å². The summed E-state index contributed by atoms with van der Waals surface area (Å²) in [7, 11) is 1.93. The first kappa shape index (κ1) is 12.8. The van der Waals surface area contributed by atoms with E-state index in [1.54, 1.807) is 6.92 Å². The number of anilines is 1. The summed E-state index contributed by atoms with van der Waals surface area (Å²) in [5.41, 5.74) is 1.20. The molecule has 0 aliphatic carbocycles. The topological polar surface area (TPSA) is 57.3 Å². The van der Waals surface area contributed by atoms with Gasteiger partial charge in [-0.05, 0) is 19.5 Å². The minimum absolute atomic E-state index is 0.0401. The number of pyridine rings is 1. The van der Waals surface area contributed by atoms with Crippen LogP contribution in [-0.4, -0.2) is 37.1 Å². The second-order valence-electron chi connectivity index (χ2n) is 4.65. The van der Waals surface area contributed by atoms with Gasteiger partial charge in [-0.3, -0.25) is 4.79 Å². The highest BCUT2D eigenvalue weighted by molar-refractivity contribution is 5.73. The van der Waals surface area contributed by atoms with Crippen molar-refractivity contribution in [2.45, 2.75) is 25.9 Å². The predicted molar refractivity (Wildman–Crippen MR) is 71.4 cm³/mol. The highest BCUT2D eigenvalue weighted by Crippen LogP contribution is 2.22. The molecule has 5 nitrogen and oxygen atoms in total. The first-order chi connectivity index (χ1) is 8.70. The number of nitrogens with zero attached hydrogens (tertiary/aromatic N) is 2. The van der Waals surface area contributed by atoms with Gasteiger partial charge in [-0.1, -0.05) is 6.07 Å². The first-order valence-electron chi connectivity index (χ1n) is 6.31. The van der Waals surface area contributed by atoms with Crippen LogP contribution >= 0.6 is 0 Å². The molecule has 1 aromatic rings. The molecule has 5 heteroatoms. The molecule has 0 saturated carbocycles. The second kappa shape index (κ2) is 5.82. The Morgan fingerprint density at radius 2 is 2.44 bits per heavy atom. The Kier molecular flexibility index (Phi) is 4.15. The molecule has 98 valence electrons. The molecular formula is C13H20N4O. The zero-order valence-corrected chi connectivity index (χ0v) is 10.9. The smallest absolute Gasteiger partial charge is 0.217 e. The van der Waals surface area contributed by atoms with Gasteiger partial charge < -0.3 is 15.5 Å². The van der Waals surface area contributed by atoms with Crippen LogP contribution in [0.2, 0.25) is 0 Å². The number of amides is 1. The van der Waals surface area contributed by atoms with Gasteiger partial charge in [-0.25, -0.2) is 4.98 Å². The molecule has 2 heterocycles. The van der Waals surface area contributed by atoms with Crippen LogP contribution in [0.3, 0.4) is 0 Å². The van der Waals surface area contributed by atoms with Crippen molar-refractivity contribution in [3.63, 3.8) is 0 Å². The van der Waals surface area contributed by atoms with E-state index in [0.717, 1.165) is 31.9 Å². The lowest BCUT2D eigenvalue weighted by molar-refractivity contribution is -0.119. The van der Waals surface area contributed by atoms with E-state index < -0.39 is 0 Å². The fourth-order valence-corrected chi connectivity index (χ4v) is 2.40. The highest BCUT2D eigenvalue weighted by Gasteiger charge is 2.25. The highest BCUT2D eigenvalue weighted by atomic mass is 16.1. The van der Waals surface area contributed by atoms with Gasteiger partial charge >= 0.3 is 0 Å². The Hall–Kier alpha value is -1.62. The lowest BCUT2D eigenvalue weighted by Crippen LogP contribution is -2.36. The molecule has 0 spiro atoms. The van der Waals surface area contributed by atoms with Crippen molar-refractivity contribution in [3.05, 3.63) is 23.9 Å². The minimum atomic E-state index is 0.0401. The molecule has 1 atom stereocenters. The molecule has 0 bridgehead atoms. The number of rotatable bonds is 4. The molecule has 0 aromatic carbocycles. The maximum absolute atomic E-state index is 11.1. The van der Waals surface area contributed by atoms with Gasteiger partial charge in [0.1, 0.15) is 5.82 Å². The summed E-state index contributed by atoms with van der Waals surface area (Å²) in [6, 6.07) is 4.29. The summed E-state index contributed by atoms with van der Waals surface area (Å²) in [5, 5.41) is 6.12. The van der Waals surface area contributed by atoms with Crippen molar-refractivity contribution >= 4 is 11.7 Å². The number of hydrogen-bond acceptors (Lipinski definition) is 4. The molecule has 2 N–H and O–H groups in total. The Morgan fingerprint density at radius 3 is 3.17 bits per heavy atom. The Labute approximate surface area is 108 Å². The SMILES string of the molecule is CNCc1cccnc1N1CCC(NC(C)=O)C1. The van der Waals surface area contributed by atoms with Crippen LogP contribution in [0.1, 0.15) is 18.9 Å². The number of nitrogens with one attached hydrogen (secondary N) is 2. The summed E-state index contributed by atoms with van der Waals surface area (Å²) in [6.45, 7) is 4.16. The third-order valence-corrected chi connectivity index (χ3v) is 3.13. The number of aromatic nitrogens is 1. The number of hydrogen-bond donors (Lipinski definition) is 2. The van der Waals surface area contributed by atoms with E-state index >= 15 is 0 Å². The Morgan fingerprint density at radius 1 is 1.61 bits per heavy atom. The van der Waals surface area contributed by atoms with E-state index in [2.05, 4.69) is 26.6 Å². The largest absolute Gasteiger partial charge is 0.354 e. The van der Waals surface area contributed by atoms with Crippen LogP contribution in [0.4, 0.5) is 5.82 Å². The lowest BCUT2D eigenvalue weighted by Gasteiger charge is -2.20. The standard InChI is InChI=1S/C13H20N4O/c1-10(18)16-12-5-7-17(9-12)13-11(8-14-2)4-3-6-15-13/h3-4,6,12,14H,5,7-9H2,1-2H3,(H,16,18). The van der Waals surface area contributed by atoms with Gasteiger partial charge in [0.2, 0.25) is 5.91 Å². The summed E-state index contributed by atoms with van der Waals surface area (Å²) in [6.07, 6.45) is 2.80. The van der Waals surface area contributed by atoms with Crippen LogP contribution in [0.5, 0.6) is 0 Å². The summed E-state index contributed by atoms with van der Waals surface area (Å²) in [5.74, 6) is 1.07. The maximum Gasteiger partial charge on any atom is 0.217 e. The van der Waals surface area contributed by atoms with Crippen LogP contribution in [0.15, 0.2) is 18.3 Å². The molecule has 1 aliphatic heterocycles. The van der Waals surface area contributed by atoms with Gasteiger partial charge in [0.15, 0.2) is 0 Å². The Balaban J connectivity index is 2.06. The van der Waals surface area contributed by atoms with E-state index in [0.29, 0.717) is 0 Å². The summed E-state index contributed by atoms with van der Waals surface area (Å²) < 4.78 is 0. The van der Waals surface area contributed by atoms with Crippen molar-refractivity contribution in [1.82, 2.24) is 15.6 Å². The molecular weight excluding hydrogens is 228 g/mol. The van der Waals surface area contributed by atoms with Gasteiger partial charge in [-0.15, -0.1) is 0 Å². The third kappa shape index (κ3) is 2.98. The minimum Gasteiger partial charge on any atom is -0.354 e.